The largest absolute Gasteiger partial charge is 0.494 e. The molecule has 9 heteroatoms. The van der Waals surface area contributed by atoms with E-state index in [1.165, 1.54) is 0 Å². The van der Waals surface area contributed by atoms with Gasteiger partial charge in [-0.1, -0.05) is 18.2 Å². The van der Waals surface area contributed by atoms with Crippen molar-refractivity contribution in [2.24, 2.45) is 4.99 Å². The van der Waals surface area contributed by atoms with Crippen LogP contribution < -0.4 is 5.32 Å². The maximum Gasteiger partial charge on any atom is 0.273 e. The molecule has 4 N–H and O–H groups in total. The van der Waals surface area contributed by atoms with Crippen molar-refractivity contribution in [1.29, 1.82) is 0 Å². The van der Waals surface area contributed by atoms with Crippen LogP contribution in [0.25, 0.3) is 10.9 Å². The number of hydrogen-bond donors (Lipinski definition) is 4. The van der Waals surface area contributed by atoms with Crippen LogP contribution >= 0.6 is 0 Å². The number of aliphatic imine (C=N–C) groups is 1. The van der Waals surface area contributed by atoms with Gasteiger partial charge in [0.15, 0.2) is 11.7 Å². The predicted molar refractivity (Wildman–Crippen MR) is 140 cm³/mol. The first-order chi connectivity index (χ1) is 17.4. The smallest absolute Gasteiger partial charge is 0.273 e. The highest BCUT2D eigenvalue weighted by Gasteiger charge is 2.14. The van der Waals surface area contributed by atoms with Gasteiger partial charge in [0.05, 0.1) is 11.3 Å². The van der Waals surface area contributed by atoms with Gasteiger partial charge in [0.2, 0.25) is 0 Å². The minimum atomic E-state index is -0.179. The number of aromatic amines is 2. The van der Waals surface area contributed by atoms with Crippen molar-refractivity contribution in [3.05, 3.63) is 88.4 Å². The van der Waals surface area contributed by atoms with Crippen LogP contribution in [0.3, 0.4) is 0 Å². The van der Waals surface area contributed by atoms with Crippen LogP contribution in [0, 0.1) is 13.8 Å². The molecule has 1 amide bonds. The molecular formula is C27H27N7O2. The zero-order valence-corrected chi connectivity index (χ0v) is 20.3. The highest BCUT2D eigenvalue weighted by atomic mass is 16.3. The van der Waals surface area contributed by atoms with E-state index in [1.54, 1.807) is 17.0 Å². The number of rotatable bonds is 7. The summed E-state index contributed by atoms with van der Waals surface area (Å²) < 4.78 is 1.70. The highest BCUT2D eigenvalue weighted by Crippen LogP contribution is 2.28. The molecule has 3 heterocycles. The lowest BCUT2D eigenvalue weighted by Gasteiger charge is -2.08. The van der Waals surface area contributed by atoms with E-state index in [1.807, 2.05) is 69.3 Å². The first kappa shape index (κ1) is 23.1. The molecule has 5 rings (SSSR count). The second-order valence-corrected chi connectivity index (χ2v) is 8.75. The number of carbonyl (C=O) groups excluding carboxylic acids is 1. The van der Waals surface area contributed by atoms with E-state index in [9.17, 15) is 9.90 Å². The second-order valence-electron chi connectivity index (χ2n) is 8.75. The summed E-state index contributed by atoms with van der Waals surface area (Å²) in [7, 11) is 0. The molecule has 9 nitrogen and oxygen atoms in total. The fourth-order valence-electron chi connectivity index (χ4n) is 4.19. The molecule has 3 aromatic heterocycles. The van der Waals surface area contributed by atoms with Crippen molar-refractivity contribution >= 4 is 34.5 Å². The average molecular weight is 482 g/mol. The van der Waals surface area contributed by atoms with E-state index in [-0.39, 0.29) is 11.8 Å². The molecule has 0 unspecified atom stereocenters. The number of aryl methyl sites for hydroxylation is 3. The average Bonchev–Trinajstić information content (AvgIpc) is 3.54. The molecule has 0 atom stereocenters. The lowest BCUT2D eigenvalue weighted by Crippen LogP contribution is -2.17. The van der Waals surface area contributed by atoms with Crippen LogP contribution in [0.2, 0.25) is 0 Å². The summed E-state index contributed by atoms with van der Waals surface area (Å²) in [6, 6.07) is 17.4. The van der Waals surface area contributed by atoms with Gasteiger partial charge in [-0.3, -0.25) is 14.6 Å². The molecule has 0 saturated heterocycles. The SMILES string of the molecule is CCn1nc(C)cc1C(=O)Nc1ccc(Cc2ccc3[nH]c(O)c(C=Nc4cc(C)[nH]n4)c3c2)cc1. The highest BCUT2D eigenvalue weighted by molar-refractivity contribution is 6.03. The van der Waals surface area contributed by atoms with Crippen molar-refractivity contribution in [2.75, 3.05) is 5.32 Å². The summed E-state index contributed by atoms with van der Waals surface area (Å²) in [5.41, 5.74) is 6.64. The number of hydrogen-bond acceptors (Lipinski definition) is 5. The Morgan fingerprint density at radius 1 is 1.11 bits per heavy atom. The second kappa shape index (κ2) is 9.53. The van der Waals surface area contributed by atoms with Crippen LogP contribution in [-0.2, 0) is 13.0 Å². The number of carbonyl (C=O) groups is 1. The van der Waals surface area contributed by atoms with Gasteiger partial charge in [-0.15, -0.1) is 0 Å². The quantitative estimate of drug-likeness (QED) is 0.244. The predicted octanol–water partition coefficient (Wildman–Crippen LogP) is 5.02. The monoisotopic (exact) mass is 481 g/mol. The summed E-state index contributed by atoms with van der Waals surface area (Å²) in [5.74, 6) is 0.443. The van der Waals surface area contributed by atoms with E-state index >= 15 is 0 Å². The summed E-state index contributed by atoms with van der Waals surface area (Å²) >= 11 is 0. The molecular weight excluding hydrogens is 454 g/mol. The van der Waals surface area contributed by atoms with E-state index in [2.05, 4.69) is 30.6 Å². The van der Waals surface area contributed by atoms with Gasteiger partial charge >= 0.3 is 0 Å². The van der Waals surface area contributed by atoms with Crippen molar-refractivity contribution in [2.45, 2.75) is 33.7 Å². The van der Waals surface area contributed by atoms with Crippen molar-refractivity contribution < 1.29 is 9.90 Å². The number of nitrogens with one attached hydrogen (secondary N) is 3. The Morgan fingerprint density at radius 2 is 1.89 bits per heavy atom. The third kappa shape index (κ3) is 4.76. The Kier molecular flexibility index (Phi) is 6.12. The Balaban J connectivity index is 1.32. The normalized spacial score (nSPS) is 11.5. The maximum absolute atomic E-state index is 12.7. The number of fused-ring (bicyclic) bond motifs is 1. The molecule has 36 heavy (non-hydrogen) atoms. The Labute approximate surface area is 207 Å². The number of H-pyrrole nitrogens is 2. The summed E-state index contributed by atoms with van der Waals surface area (Å²) in [6.07, 6.45) is 2.32. The fraction of sp³-hybridized carbons (Fsp3) is 0.185. The number of aromatic nitrogens is 5. The van der Waals surface area contributed by atoms with Gasteiger partial charge in [0.25, 0.3) is 5.91 Å². The van der Waals surface area contributed by atoms with E-state index in [0.29, 0.717) is 30.0 Å². The van der Waals surface area contributed by atoms with Crippen molar-refractivity contribution in [3.8, 4) is 5.88 Å². The zero-order chi connectivity index (χ0) is 25.2. The minimum Gasteiger partial charge on any atom is -0.494 e. The summed E-state index contributed by atoms with van der Waals surface area (Å²) in [5, 5.41) is 25.5. The first-order valence-electron chi connectivity index (χ1n) is 11.7. The van der Waals surface area contributed by atoms with Gasteiger partial charge in [-0.25, -0.2) is 4.99 Å². The van der Waals surface area contributed by atoms with Gasteiger partial charge in [-0.05, 0) is 68.7 Å². The number of benzene rings is 2. The molecule has 0 aliphatic carbocycles. The number of aromatic hydroxyl groups is 1. The van der Waals surface area contributed by atoms with Crippen molar-refractivity contribution in [3.63, 3.8) is 0 Å². The Morgan fingerprint density at radius 3 is 2.61 bits per heavy atom. The standard InChI is InChI=1S/C27H27N7O2/c1-4-34-24(11-17(3)33-34)27(36)29-20-8-5-18(6-9-20)13-19-7-10-23-21(14-19)22(26(35)30-23)15-28-25-12-16(2)31-32-25/h5-12,14-15,30,35H,4,13H2,1-3H3,(H,29,36)(H,31,32). The van der Waals surface area contributed by atoms with Gasteiger partial charge in [0, 0.05) is 41.1 Å². The molecule has 0 bridgehead atoms. The Bertz CT molecular complexity index is 1570. The third-order valence-corrected chi connectivity index (χ3v) is 5.96. The fourth-order valence-corrected chi connectivity index (χ4v) is 4.19. The lowest BCUT2D eigenvalue weighted by atomic mass is 10.0. The van der Waals surface area contributed by atoms with E-state index in [0.717, 1.165) is 39.1 Å². The van der Waals surface area contributed by atoms with Crippen LogP contribution in [-0.4, -0.2) is 42.2 Å². The summed E-state index contributed by atoms with van der Waals surface area (Å²) in [6.45, 7) is 6.37. The third-order valence-electron chi connectivity index (χ3n) is 5.96. The maximum atomic E-state index is 12.7. The van der Waals surface area contributed by atoms with Crippen LogP contribution in [0.1, 0.15) is 45.5 Å². The van der Waals surface area contributed by atoms with Gasteiger partial charge < -0.3 is 15.4 Å². The molecule has 0 radical (unpaired) electrons. The molecule has 0 aliphatic heterocycles. The zero-order valence-electron chi connectivity index (χ0n) is 20.3. The molecule has 5 aromatic rings. The van der Waals surface area contributed by atoms with Crippen LogP contribution in [0.5, 0.6) is 5.88 Å². The lowest BCUT2D eigenvalue weighted by molar-refractivity contribution is 0.101. The molecule has 2 aromatic carbocycles. The van der Waals surface area contributed by atoms with Crippen LogP contribution in [0.15, 0.2) is 59.6 Å². The molecule has 182 valence electrons. The molecule has 0 fully saturated rings. The van der Waals surface area contributed by atoms with Crippen molar-refractivity contribution in [1.82, 2.24) is 25.0 Å². The Hall–Kier alpha value is -4.66. The number of nitrogens with zero attached hydrogens (tertiary/aromatic N) is 4. The van der Waals surface area contributed by atoms with E-state index in [4.69, 9.17) is 0 Å². The topological polar surface area (TPSA) is 124 Å². The minimum absolute atomic E-state index is 0.0675. The van der Waals surface area contributed by atoms with Gasteiger partial charge in [-0.2, -0.15) is 10.2 Å². The van der Waals surface area contributed by atoms with E-state index < -0.39 is 0 Å². The van der Waals surface area contributed by atoms with Gasteiger partial charge in [0.1, 0.15) is 5.69 Å². The molecule has 0 aliphatic rings. The van der Waals surface area contributed by atoms with Crippen LogP contribution in [0.4, 0.5) is 11.5 Å². The molecule has 0 saturated carbocycles. The number of amides is 1. The first-order valence-corrected chi connectivity index (χ1v) is 11.7. The summed E-state index contributed by atoms with van der Waals surface area (Å²) in [4.78, 5) is 20.0. The molecule has 0 spiro atoms. The number of anilines is 1.